The van der Waals surface area contributed by atoms with Crippen molar-refractivity contribution in [2.75, 3.05) is 28.4 Å². The summed E-state index contributed by atoms with van der Waals surface area (Å²) in [6.07, 6.45) is 8.05. The molecule has 31 heavy (non-hydrogen) atoms. The van der Waals surface area contributed by atoms with Gasteiger partial charge in [0.1, 0.15) is 12.2 Å². The predicted molar refractivity (Wildman–Crippen MR) is 122 cm³/mol. The van der Waals surface area contributed by atoms with Gasteiger partial charge in [0.25, 0.3) is 0 Å². The first-order valence-corrected chi connectivity index (χ1v) is 11.6. The molecule has 2 rings (SSSR count). The number of hydrogen-bond donors (Lipinski definition) is 1. The van der Waals surface area contributed by atoms with Crippen molar-refractivity contribution in [1.29, 1.82) is 0 Å². The van der Waals surface area contributed by atoms with Crippen LogP contribution in [0.4, 0.5) is 0 Å². The molecule has 0 unspecified atom stereocenters. The maximum absolute atomic E-state index is 10.8. The van der Waals surface area contributed by atoms with Crippen LogP contribution in [-0.4, -0.2) is 70.4 Å². The summed E-state index contributed by atoms with van der Waals surface area (Å²) in [5, 5.41) is 10.8. The Morgan fingerprint density at radius 3 is 2.26 bits per heavy atom. The van der Waals surface area contributed by atoms with E-state index >= 15 is 0 Å². The highest BCUT2D eigenvalue weighted by Crippen LogP contribution is 2.49. The van der Waals surface area contributed by atoms with Gasteiger partial charge in [-0.15, -0.1) is 0 Å². The Bertz CT molecular complexity index is 587. The predicted octanol–water partition coefficient (Wildman–Crippen LogP) is 3.97. The normalized spacial score (nSPS) is 35.7. The van der Waals surface area contributed by atoms with Crippen LogP contribution in [0.1, 0.15) is 47.0 Å². The third-order valence-corrected chi connectivity index (χ3v) is 7.28. The Balaban J connectivity index is 1.93. The number of methoxy groups -OCH3 is 4. The van der Waals surface area contributed by atoms with Crippen molar-refractivity contribution in [3.05, 3.63) is 23.8 Å². The molecule has 6 heteroatoms. The van der Waals surface area contributed by atoms with Crippen molar-refractivity contribution in [1.82, 2.24) is 0 Å². The standard InChI is InChI=1S/C25H44O6/c1-9-20(27-5)17(4)18-13-19(18)23(26)15(2)11-10-12-16(3)24-21(28-6)14-22(29-7)25(30-8)31-24/h10-12,15,17-26H,9,13-14H2,1-8H3/b11-10+,16-12+/t15-,17-,18+,19-,20-,21+,22+,23+,24+,25+/m0/s1. The molecule has 0 aromatic carbocycles. The molecule has 10 atom stereocenters. The lowest BCUT2D eigenvalue weighted by molar-refractivity contribution is -0.256. The van der Waals surface area contributed by atoms with E-state index in [4.69, 9.17) is 23.7 Å². The summed E-state index contributed by atoms with van der Waals surface area (Å²) in [4.78, 5) is 0. The van der Waals surface area contributed by atoms with Crippen LogP contribution in [0, 0.1) is 23.7 Å². The minimum atomic E-state index is -0.415. The van der Waals surface area contributed by atoms with E-state index in [-0.39, 0.29) is 36.4 Å². The topological polar surface area (TPSA) is 66.4 Å². The number of aliphatic hydroxyl groups excluding tert-OH is 1. The third kappa shape index (κ3) is 6.62. The van der Waals surface area contributed by atoms with Crippen molar-refractivity contribution in [3.8, 4) is 0 Å². The lowest BCUT2D eigenvalue weighted by Gasteiger charge is -2.39. The van der Waals surface area contributed by atoms with Gasteiger partial charge in [0.05, 0.1) is 18.3 Å². The lowest BCUT2D eigenvalue weighted by Crippen LogP contribution is -2.49. The van der Waals surface area contributed by atoms with Gasteiger partial charge in [0.2, 0.25) is 0 Å². The fourth-order valence-corrected chi connectivity index (χ4v) is 5.06. The Morgan fingerprint density at radius 2 is 1.71 bits per heavy atom. The lowest BCUT2D eigenvalue weighted by atomic mass is 9.91. The van der Waals surface area contributed by atoms with E-state index in [0.717, 1.165) is 18.4 Å². The first kappa shape index (κ1) is 26.5. The van der Waals surface area contributed by atoms with Crippen LogP contribution in [0.15, 0.2) is 23.8 Å². The van der Waals surface area contributed by atoms with Crippen LogP contribution in [0.3, 0.4) is 0 Å². The van der Waals surface area contributed by atoms with Crippen LogP contribution >= 0.6 is 0 Å². The molecule has 0 amide bonds. The monoisotopic (exact) mass is 440 g/mol. The van der Waals surface area contributed by atoms with Gasteiger partial charge in [-0.2, -0.15) is 0 Å². The fraction of sp³-hybridized carbons (Fsp3) is 0.840. The molecule has 1 saturated heterocycles. The summed E-state index contributed by atoms with van der Waals surface area (Å²) < 4.78 is 28.3. The molecule has 0 aromatic heterocycles. The molecule has 2 fully saturated rings. The molecule has 0 bridgehead atoms. The smallest absolute Gasteiger partial charge is 0.184 e. The minimum absolute atomic E-state index is 0.0870. The van der Waals surface area contributed by atoms with E-state index in [1.807, 2.05) is 19.1 Å². The highest BCUT2D eigenvalue weighted by atomic mass is 16.7. The van der Waals surface area contributed by atoms with Crippen LogP contribution in [0.5, 0.6) is 0 Å². The zero-order valence-corrected chi connectivity index (χ0v) is 20.6. The molecule has 0 spiro atoms. The van der Waals surface area contributed by atoms with Crippen LogP contribution in [-0.2, 0) is 23.7 Å². The van der Waals surface area contributed by atoms with Gasteiger partial charge in [-0.1, -0.05) is 39.0 Å². The maximum atomic E-state index is 10.8. The highest BCUT2D eigenvalue weighted by Gasteiger charge is 2.48. The Kier molecular flexibility index (Phi) is 10.7. The average Bonchev–Trinajstić information content (AvgIpc) is 3.58. The van der Waals surface area contributed by atoms with Crippen molar-refractivity contribution in [2.24, 2.45) is 23.7 Å². The summed E-state index contributed by atoms with van der Waals surface area (Å²) in [5.74, 6) is 1.47. The minimum Gasteiger partial charge on any atom is -0.392 e. The van der Waals surface area contributed by atoms with Crippen LogP contribution in [0.2, 0.25) is 0 Å². The molecule has 6 nitrogen and oxygen atoms in total. The Labute approximate surface area is 188 Å². The van der Waals surface area contributed by atoms with E-state index < -0.39 is 6.29 Å². The largest absolute Gasteiger partial charge is 0.392 e. The molecule has 1 aliphatic heterocycles. The van der Waals surface area contributed by atoms with Gasteiger partial charge in [-0.25, -0.2) is 0 Å². The molecule has 2 aliphatic rings. The summed E-state index contributed by atoms with van der Waals surface area (Å²) in [6, 6.07) is 0. The second kappa shape index (κ2) is 12.5. The van der Waals surface area contributed by atoms with Crippen molar-refractivity contribution >= 4 is 0 Å². The summed E-state index contributed by atoms with van der Waals surface area (Å²) in [7, 11) is 6.77. The number of rotatable bonds is 12. The molecule has 180 valence electrons. The Hall–Kier alpha value is -0.760. The van der Waals surface area contributed by atoms with Crippen molar-refractivity contribution in [3.63, 3.8) is 0 Å². The van der Waals surface area contributed by atoms with Gasteiger partial charge >= 0.3 is 0 Å². The zero-order chi connectivity index (χ0) is 23.1. The van der Waals surface area contributed by atoms with Gasteiger partial charge in [0.15, 0.2) is 6.29 Å². The van der Waals surface area contributed by atoms with Crippen LogP contribution in [0.25, 0.3) is 0 Å². The summed E-state index contributed by atoms with van der Waals surface area (Å²) in [5.41, 5.74) is 1.06. The zero-order valence-electron chi connectivity index (χ0n) is 20.6. The number of allylic oxidation sites excluding steroid dienone is 2. The molecule has 0 radical (unpaired) electrons. The van der Waals surface area contributed by atoms with E-state index in [2.05, 4.69) is 26.8 Å². The second-order valence-electron chi connectivity index (χ2n) is 9.20. The van der Waals surface area contributed by atoms with Gasteiger partial charge in [0, 0.05) is 40.8 Å². The van der Waals surface area contributed by atoms with E-state index in [1.54, 1.807) is 28.4 Å². The Morgan fingerprint density at radius 1 is 1.03 bits per heavy atom. The fourth-order valence-electron chi connectivity index (χ4n) is 5.06. The molecular weight excluding hydrogens is 396 g/mol. The average molecular weight is 441 g/mol. The number of ether oxygens (including phenoxy) is 5. The quantitative estimate of drug-likeness (QED) is 0.463. The highest BCUT2D eigenvalue weighted by molar-refractivity contribution is 5.18. The molecule has 0 aromatic rings. The molecule has 1 aliphatic carbocycles. The van der Waals surface area contributed by atoms with Crippen LogP contribution < -0.4 is 0 Å². The molecule has 1 saturated carbocycles. The first-order chi connectivity index (χ1) is 14.8. The molecular formula is C25H44O6. The van der Waals surface area contributed by atoms with Gasteiger partial charge < -0.3 is 28.8 Å². The van der Waals surface area contributed by atoms with Crippen molar-refractivity contribution in [2.45, 2.75) is 83.8 Å². The van der Waals surface area contributed by atoms with Crippen molar-refractivity contribution < 1.29 is 28.8 Å². The number of aliphatic hydroxyl groups is 1. The second-order valence-corrected chi connectivity index (χ2v) is 9.20. The van der Waals surface area contributed by atoms with Gasteiger partial charge in [-0.05, 0) is 43.1 Å². The van der Waals surface area contributed by atoms with E-state index in [1.165, 1.54) is 0 Å². The molecule has 1 heterocycles. The third-order valence-electron chi connectivity index (χ3n) is 7.28. The summed E-state index contributed by atoms with van der Waals surface area (Å²) >= 11 is 0. The number of hydrogen-bond acceptors (Lipinski definition) is 6. The SMILES string of the molecule is CC[C@H](OC)[C@@H](C)[C@H]1C[C@@H]1[C@H](O)[C@@H](C)/C=C/C=C(\C)[C@H]1O[C@@H](OC)[C@H](OC)C[C@H]1OC. The first-order valence-electron chi connectivity index (χ1n) is 11.6. The van der Waals surface area contributed by atoms with E-state index in [0.29, 0.717) is 24.2 Å². The van der Waals surface area contributed by atoms with E-state index in [9.17, 15) is 5.11 Å². The maximum Gasteiger partial charge on any atom is 0.184 e. The summed E-state index contributed by atoms with van der Waals surface area (Å²) in [6.45, 7) is 8.53. The van der Waals surface area contributed by atoms with Gasteiger partial charge in [-0.3, -0.25) is 0 Å². The molecule has 1 N–H and O–H groups in total.